The van der Waals surface area contributed by atoms with Crippen molar-refractivity contribution >= 4 is 35.1 Å². The van der Waals surface area contributed by atoms with Crippen LogP contribution in [0, 0.1) is 0 Å². The molecule has 6 heteroatoms. The van der Waals surface area contributed by atoms with E-state index >= 15 is 0 Å². The Labute approximate surface area is 121 Å². The Morgan fingerprint density at radius 2 is 1.68 bits per heavy atom. The van der Waals surface area contributed by atoms with E-state index in [2.05, 4.69) is 0 Å². The number of benzene rings is 1. The van der Waals surface area contributed by atoms with Crippen LogP contribution >= 0.6 is 23.2 Å². The number of hydrogen-bond donors (Lipinski definition) is 0. The summed E-state index contributed by atoms with van der Waals surface area (Å²) in [4.78, 5) is 23.2. The molecule has 1 aromatic carbocycles. The largest absolute Gasteiger partial charge is 0.457 e. The average Bonchev–Trinajstić information content (AvgIpc) is 2.23. The minimum Gasteiger partial charge on any atom is -0.457 e. The van der Waals surface area contributed by atoms with Crippen LogP contribution in [-0.4, -0.2) is 24.1 Å². The highest BCUT2D eigenvalue weighted by Crippen LogP contribution is 2.24. The van der Waals surface area contributed by atoms with Gasteiger partial charge in [0.15, 0.2) is 6.61 Å². The molecule has 0 unspecified atom stereocenters. The fraction of sp³-hybridized carbons (Fsp3) is 0.385. The van der Waals surface area contributed by atoms with Crippen molar-refractivity contribution in [3.05, 3.63) is 33.8 Å². The van der Waals surface area contributed by atoms with Crippen molar-refractivity contribution in [3.63, 3.8) is 0 Å². The third-order valence-corrected chi connectivity index (χ3v) is 2.54. The van der Waals surface area contributed by atoms with E-state index in [9.17, 15) is 9.59 Å². The zero-order valence-electron chi connectivity index (χ0n) is 10.8. The van der Waals surface area contributed by atoms with Crippen LogP contribution in [0.1, 0.15) is 31.1 Å². The molecule has 0 radical (unpaired) electrons. The molecule has 0 spiro atoms. The summed E-state index contributed by atoms with van der Waals surface area (Å²) in [6, 6.07) is 4.63. The van der Waals surface area contributed by atoms with E-state index < -0.39 is 24.1 Å². The lowest BCUT2D eigenvalue weighted by Crippen LogP contribution is -2.27. The molecule has 0 amide bonds. The predicted molar refractivity (Wildman–Crippen MR) is 72.6 cm³/mol. The molecule has 0 saturated heterocycles. The van der Waals surface area contributed by atoms with Gasteiger partial charge in [0, 0.05) is 0 Å². The van der Waals surface area contributed by atoms with Crippen LogP contribution in [-0.2, 0) is 14.3 Å². The Morgan fingerprint density at radius 3 is 2.16 bits per heavy atom. The second kappa shape index (κ2) is 6.26. The Morgan fingerprint density at radius 1 is 1.16 bits per heavy atom. The van der Waals surface area contributed by atoms with Gasteiger partial charge in [-0.3, -0.25) is 0 Å². The molecular weight excluding hydrogens is 291 g/mol. The van der Waals surface area contributed by atoms with Crippen LogP contribution in [0.2, 0.25) is 10.0 Å². The molecule has 0 aliphatic rings. The number of carbonyl (C=O) groups is 2. The van der Waals surface area contributed by atoms with Crippen LogP contribution in [0.3, 0.4) is 0 Å². The number of ether oxygens (including phenoxy) is 2. The Hall–Kier alpha value is -1.26. The number of hydrogen-bond acceptors (Lipinski definition) is 4. The number of rotatable bonds is 3. The topological polar surface area (TPSA) is 52.6 Å². The minimum atomic E-state index is -0.763. The van der Waals surface area contributed by atoms with Gasteiger partial charge in [0.1, 0.15) is 5.60 Å². The zero-order chi connectivity index (χ0) is 14.6. The third-order valence-electron chi connectivity index (χ3n) is 1.91. The van der Waals surface area contributed by atoms with Gasteiger partial charge in [-0.1, -0.05) is 29.3 Å². The molecular formula is C13H14Cl2O4. The zero-order valence-corrected chi connectivity index (χ0v) is 12.3. The van der Waals surface area contributed by atoms with Gasteiger partial charge in [0.25, 0.3) is 0 Å². The highest BCUT2D eigenvalue weighted by Gasteiger charge is 2.20. The summed E-state index contributed by atoms with van der Waals surface area (Å²) in [6.07, 6.45) is 0. The fourth-order valence-corrected chi connectivity index (χ4v) is 1.81. The summed E-state index contributed by atoms with van der Waals surface area (Å²) >= 11 is 11.7. The van der Waals surface area contributed by atoms with Crippen molar-refractivity contribution in [2.75, 3.05) is 6.61 Å². The average molecular weight is 305 g/mol. The van der Waals surface area contributed by atoms with Crippen LogP contribution in [0.15, 0.2) is 18.2 Å². The second-order valence-corrected chi connectivity index (χ2v) is 5.57. The first-order valence-electron chi connectivity index (χ1n) is 5.53. The molecule has 0 bridgehead atoms. The molecule has 0 heterocycles. The normalized spacial score (nSPS) is 11.0. The minimum absolute atomic E-state index is 0.0365. The van der Waals surface area contributed by atoms with Crippen LogP contribution in [0.5, 0.6) is 0 Å². The lowest BCUT2D eigenvalue weighted by molar-refractivity contribution is -0.158. The Kier molecular flexibility index (Phi) is 5.20. The molecule has 1 aromatic rings. The second-order valence-electron chi connectivity index (χ2n) is 4.76. The number of carbonyl (C=O) groups excluding carboxylic acids is 2. The quantitative estimate of drug-likeness (QED) is 0.802. The molecule has 0 fully saturated rings. The molecule has 4 nitrogen and oxygen atoms in total. The van der Waals surface area contributed by atoms with Crippen molar-refractivity contribution in [3.8, 4) is 0 Å². The van der Waals surface area contributed by atoms with Gasteiger partial charge in [0.2, 0.25) is 0 Å². The SMILES string of the molecule is CC(C)(C)OC(=O)COC(=O)c1c(Cl)cccc1Cl. The Balaban J connectivity index is 2.64. The summed E-state index contributed by atoms with van der Waals surface area (Å²) in [5.74, 6) is -1.40. The van der Waals surface area contributed by atoms with Gasteiger partial charge in [-0.05, 0) is 32.9 Å². The molecule has 104 valence electrons. The maximum atomic E-state index is 11.8. The number of esters is 2. The van der Waals surface area contributed by atoms with E-state index in [4.69, 9.17) is 32.7 Å². The van der Waals surface area contributed by atoms with Crippen LogP contribution < -0.4 is 0 Å². The molecule has 0 aromatic heterocycles. The van der Waals surface area contributed by atoms with Crippen LogP contribution in [0.4, 0.5) is 0 Å². The summed E-state index contributed by atoms with van der Waals surface area (Å²) in [5.41, 5.74) is -0.597. The van der Waals surface area contributed by atoms with Gasteiger partial charge >= 0.3 is 11.9 Å². The monoisotopic (exact) mass is 304 g/mol. The van der Waals surface area contributed by atoms with E-state index in [0.717, 1.165) is 0 Å². The van der Waals surface area contributed by atoms with Gasteiger partial charge in [-0.2, -0.15) is 0 Å². The van der Waals surface area contributed by atoms with Crippen LogP contribution in [0.25, 0.3) is 0 Å². The van der Waals surface area contributed by atoms with Crippen molar-refractivity contribution in [1.82, 2.24) is 0 Å². The molecule has 0 saturated carbocycles. The first-order chi connectivity index (χ1) is 8.70. The molecule has 0 aliphatic carbocycles. The summed E-state index contributed by atoms with van der Waals surface area (Å²) < 4.78 is 9.82. The maximum absolute atomic E-state index is 11.8. The summed E-state index contributed by atoms with van der Waals surface area (Å²) in [6.45, 7) is 4.67. The van der Waals surface area contributed by atoms with Gasteiger partial charge in [-0.15, -0.1) is 0 Å². The predicted octanol–water partition coefficient (Wildman–Crippen LogP) is 3.49. The first-order valence-corrected chi connectivity index (χ1v) is 6.29. The van der Waals surface area contributed by atoms with Crippen molar-refractivity contribution in [2.24, 2.45) is 0 Å². The van der Waals surface area contributed by atoms with Gasteiger partial charge in [-0.25, -0.2) is 9.59 Å². The standard InChI is InChI=1S/C13H14Cl2O4/c1-13(2,3)19-10(16)7-18-12(17)11-8(14)5-4-6-9(11)15/h4-6H,7H2,1-3H3. The van der Waals surface area contributed by atoms with E-state index in [1.807, 2.05) is 0 Å². The smallest absolute Gasteiger partial charge is 0.344 e. The first kappa shape index (κ1) is 15.8. The van der Waals surface area contributed by atoms with E-state index in [1.165, 1.54) is 12.1 Å². The van der Waals surface area contributed by atoms with E-state index in [0.29, 0.717) is 0 Å². The third kappa shape index (κ3) is 5.09. The molecule has 0 aliphatic heterocycles. The van der Waals surface area contributed by atoms with E-state index in [-0.39, 0.29) is 15.6 Å². The lowest BCUT2D eigenvalue weighted by atomic mass is 10.2. The van der Waals surface area contributed by atoms with Gasteiger partial charge < -0.3 is 9.47 Å². The lowest BCUT2D eigenvalue weighted by Gasteiger charge is -2.19. The van der Waals surface area contributed by atoms with E-state index in [1.54, 1.807) is 26.8 Å². The van der Waals surface area contributed by atoms with Crippen molar-refractivity contribution < 1.29 is 19.1 Å². The fourth-order valence-electron chi connectivity index (χ4n) is 1.26. The molecule has 0 N–H and O–H groups in total. The molecule has 0 atom stereocenters. The number of halogens is 2. The molecule has 19 heavy (non-hydrogen) atoms. The summed E-state index contributed by atoms with van der Waals surface area (Å²) in [5, 5.41) is 0.336. The molecule has 1 rings (SSSR count). The highest BCUT2D eigenvalue weighted by atomic mass is 35.5. The van der Waals surface area contributed by atoms with Gasteiger partial charge in [0.05, 0.1) is 15.6 Å². The van der Waals surface area contributed by atoms with Crippen molar-refractivity contribution in [2.45, 2.75) is 26.4 Å². The Bertz CT molecular complexity index is 472. The summed E-state index contributed by atoms with van der Waals surface area (Å²) in [7, 11) is 0. The highest BCUT2D eigenvalue weighted by molar-refractivity contribution is 6.39. The maximum Gasteiger partial charge on any atom is 0.344 e. The van der Waals surface area contributed by atoms with Crippen molar-refractivity contribution in [1.29, 1.82) is 0 Å².